The number of hydrogen-bond acceptors (Lipinski definition) is 3. The first kappa shape index (κ1) is 13.5. The third kappa shape index (κ3) is 6.11. The molecule has 0 heterocycles. The van der Waals surface area contributed by atoms with E-state index in [9.17, 15) is 4.79 Å². The molecule has 1 atom stereocenters. The summed E-state index contributed by atoms with van der Waals surface area (Å²) in [5, 5.41) is 0. The van der Waals surface area contributed by atoms with Gasteiger partial charge in [0.15, 0.2) is 0 Å². The third-order valence-electron chi connectivity index (χ3n) is 3.40. The maximum absolute atomic E-state index is 11.4. The van der Waals surface area contributed by atoms with E-state index < -0.39 is 0 Å². The van der Waals surface area contributed by atoms with Gasteiger partial charge in [0, 0.05) is 6.42 Å². The summed E-state index contributed by atoms with van der Waals surface area (Å²) in [5.41, 5.74) is 5.52. The van der Waals surface area contributed by atoms with Crippen LogP contribution in [0.2, 0.25) is 0 Å². The monoisotopic (exact) mass is 227 g/mol. The van der Waals surface area contributed by atoms with Crippen LogP contribution in [0.5, 0.6) is 0 Å². The van der Waals surface area contributed by atoms with Crippen LogP contribution in [-0.2, 0) is 9.53 Å². The molecule has 0 amide bonds. The summed E-state index contributed by atoms with van der Waals surface area (Å²) in [6, 6.07) is 0. The molecule has 16 heavy (non-hydrogen) atoms. The molecule has 3 nitrogen and oxygen atoms in total. The van der Waals surface area contributed by atoms with Gasteiger partial charge < -0.3 is 10.5 Å². The largest absolute Gasteiger partial charge is 0.466 e. The lowest BCUT2D eigenvalue weighted by Crippen LogP contribution is -2.12. The summed E-state index contributed by atoms with van der Waals surface area (Å²) < 4.78 is 5.20. The first-order valence-corrected chi connectivity index (χ1v) is 6.62. The van der Waals surface area contributed by atoms with Crippen LogP contribution in [0, 0.1) is 11.8 Å². The minimum Gasteiger partial charge on any atom is -0.466 e. The zero-order valence-electron chi connectivity index (χ0n) is 10.4. The summed E-state index contributed by atoms with van der Waals surface area (Å²) >= 11 is 0. The Labute approximate surface area is 98.7 Å². The topological polar surface area (TPSA) is 52.3 Å². The molecule has 0 aromatic rings. The van der Waals surface area contributed by atoms with Gasteiger partial charge in [-0.15, -0.1) is 0 Å². The summed E-state index contributed by atoms with van der Waals surface area (Å²) in [5.74, 6) is 1.39. The van der Waals surface area contributed by atoms with Gasteiger partial charge in [0.25, 0.3) is 0 Å². The molecule has 0 aromatic carbocycles. The predicted octanol–water partition coefficient (Wildman–Crippen LogP) is 2.48. The van der Waals surface area contributed by atoms with Crippen LogP contribution in [0.25, 0.3) is 0 Å². The Morgan fingerprint density at radius 2 is 2.19 bits per heavy atom. The Morgan fingerprint density at radius 3 is 2.75 bits per heavy atom. The lowest BCUT2D eigenvalue weighted by atomic mass is 9.97. The van der Waals surface area contributed by atoms with Gasteiger partial charge in [0.05, 0.1) is 6.61 Å². The molecule has 94 valence electrons. The first-order chi connectivity index (χ1) is 7.76. The molecule has 0 bridgehead atoms. The SMILES string of the molecule is CCC(CCN)CCC(=O)OCCC1CC1. The van der Waals surface area contributed by atoms with Gasteiger partial charge in [-0.05, 0) is 37.6 Å². The van der Waals surface area contributed by atoms with E-state index in [-0.39, 0.29) is 5.97 Å². The number of ether oxygens (including phenoxy) is 1. The van der Waals surface area contributed by atoms with E-state index >= 15 is 0 Å². The average Bonchev–Trinajstić information content (AvgIpc) is 3.08. The lowest BCUT2D eigenvalue weighted by Gasteiger charge is -2.12. The van der Waals surface area contributed by atoms with E-state index in [2.05, 4.69) is 6.92 Å². The van der Waals surface area contributed by atoms with Gasteiger partial charge >= 0.3 is 5.97 Å². The zero-order chi connectivity index (χ0) is 11.8. The number of rotatable bonds is 9. The Morgan fingerprint density at radius 1 is 1.44 bits per heavy atom. The lowest BCUT2D eigenvalue weighted by molar-refractivity contribution is -0.144. The zero-order valence-corrected chi connectivity index (χ0v) is 10.4. The fraction of sp³-hybridized carbons (Fsp3) is 0.923. The molecular formula is C13H25NO2. The Kier molecular flexibility index (Phi) is 6.46. The van der Waals surface area contributed by atoms with E-state index in [1.807, 2.05) is 0 Å². The molecule has 0 aromatic heterocycles. The van der Waals surface area contributed by atoms with Crippen LogP contribution in [0.15, 0.2) is 0 Å². The number of carbonyl (C=O) groups excluding carboxylic acids is 1. The van der Waals surface area contributed by atoms with Crippen molar-refractivity contribution < 1.29 is 9.53 Å². The van der Waals surface area contributed by atoms with Crippen molar-refractivity contribution in [1.82, 2.24) is 0 Å². The quantitative estimate of drug-likeness (QED) is 0.616. The normalized spacial score (nSPS) is 17.1. The van der Waals surface area contributed by atoms with Crippen molar-refractivity contribution in [1.29, 1.82) is 0 Å². The summed E-state index contributed by atoms with van der Waals surface area (Å²) in [4.78, 5) is 11.4. The maximum atomic E-state index is 11.4. The van der Waals surface area contributed by atoms with Crippen LogP contribution >= 0.6 is 0 Å². The van der Waals surface area contributed by atoms with Crippen molar-refractivity contribution >= 4 is 5.97 Å². The van der Waals surface area contributed by atoms with Crippen molar-refractivity contribution in [3.05, 3.63) is 0 Å². The second-order valence-corrected chi connectivity index (χ2v) is 4.84. The standard InChI is InChI=1S/C13H25NO2/c1-2-11(7-9-14)5-6-13(15)16-10-8-12-3-4-12/h11-12H,2-10,14H2,1H3. The highest BCUT2D eigenvalue weighted by molar-refractivity contribution is 5.69. The van der Waals surface area contributed by atoms with Gasteiger partial charge in [-0.25, -0.2) is 0 Å². The average molecular weight is 227 g/mol. The van der Waals surface area contributed by atoms with E-state index in [0.717, 1.165) is 38.1 Å². The van der Waals surface area contributed by atoms with Crippen LogP contribution in [-0.4, -0.2) is 19.1 Å². The Bertz CT molecular complexity index is 202. The van der Waals surface area contributed by atoms with Crippen molar-refractivity contribution in [2.45, 2.75) is 51.9 Å². The highest BCUT2D eigenvalue weighted by Crippen LogP contribution is 2.32. The molecule has 0 saturated heterocycles. The van der Waals surface area contributed by atoms with Crippen LogP contribution in [0.4, 0.5) is 0 Å². The van der Waals surface area contributed by atoms with Crippen molar-refractivity contribution in [2.75, 3.05) is 13.2 Å². The molecule has 1 unspecified atom stereocenters. The van der Waals surface area contributed by atoms with Crippen molar-refractivity contribution in [3.63, 3.8) is 0 Å². The van der Waals surface area contributed by atoms with E-state index in [1.165, 1.54) is 12.8 Å². The maximum Gasteiger partial charge on any atom is 0.305 e. The van der Waals surface area contributed by atoms with E-state index in [4.69, 9.17) is 10.5 Å². The first-order valence-electron chi connectivity index (χ1n) is 6.62. The van der Waals surface area contributed by atoms with Gasteiger partial charge in [0.1, 0.15) is 0 Å². The molecule has 1 aliphatic rings. The van der Waals surface area contributed by atoms with Gasteiger partial charge in [-0.3, -0.25) is 4.79 Å². The number of carbonyl (C=O) groups is 1. The smallest absolute Gasteiger partial charge is 0.305 e. The van der Waals surface area contributed by atoms with Gasteiger partial charge in [0.2, 0.25) is 0 Å². The molecule has 0 aliphatic heterocycles. The second-order valence-electron chi connectivity index (χ2n) is 4.84. The van der Waals surface area contributed by atoms with Gasteiger partial charge in [-0.1, -0.05) is 26.2 Å². The minimum atomic E-state index is -0.0314. The van der Waals surface area contributed by atoms with Crippen molar-refractivity contribution in [3.8, 4) is 0 Å². The molecular weight excluding hydrogens is 202 g/mol. The Hall–Kier alpha value is -0.570. The predicted molar refractivity (Wildman–Crippen MR) is 65.0 cm³/mol. The molecule has 2 N–H and O–H groups in total. The summed E-state index contributed by atoms with van der Waals surface area (Å²) in [7, 11) is 0. The fourth-order valence-electron chi connectivity index (χ4n) is 1.93. The third-order valence-corrected chi connectivity index (χ3v) is 3.40. The molecule has 1 saturated carbocycles. The molecule has 3 heteroatoms. The molecule has 0 spiro atoms. The highest BCUT2D eigenvalue weighted by atomic mass is 16.5. The molecule has 1 aliphatic carbocycles. The van der Waals surface area contributed by atoms with Crippen LogP contribution in [0.1, 0.15) is 51.9 Å². The number of hydrogen-bond donors (Lipinski definition) is 1. The number of nitrogens with two attached hydrogens (primary N) is 1. The van der Waals surface area contributed by atoms with E-state index in [0.29, 0.717) is 18.9 Å². The molecule has 1 rings (SSSR count). The van der Waals surface area contributed by atoms with Crippen LogP contribution < -0.4 is 5.73 Å². The van der Waals surface area contributed by atoms with E-state index in [1.54, 1.807) is 0 Å². The Balaban J connectivity index is 1.98. The van der Waals surface area contributed by atoms with Crippen LogP contribution in [0.3, 0.4) is 0 Å². The molecule has 0 radical (unpaired) electrons. The fourth-order valence-corrected chi connectivity index (χ4v) is 1.93. The second kappa shape index (κ2) is 7.66. The van der Waals surface area contributed by atoms with Crippen molar-refractivity contribution in [2.24, 2.45) is 17.6 Å². The van der Waals surface area contributed by atoms with Gasteiger partial charge in [-0.2, -0.15) is 0 Å². The summed E-state index contributed by atoms with van der Waals surface area (Å²) in [6.45, 7) is 3.49. The number of esters is 1. The highest BCUT2D eigenvalue weighted by Gasteiger charge is 2.21. The molecule has 1 fully saturated rings. The summed E-state index contributed by atoms with van der Waals surface area (Å²) in [6.07, 6.45) is 7.32. The minimum absolute atomic E-state index is 0.0314.